The zero-order valence-electron chi connectivity index (χ0n) is 40.8. The van der Waals surface area contributed by atoms with Gasteiger partial charge in [0.15, 0.2) is 0 Å². The van der Waals surface area contributed by atoms with Crippen LogP contribution in [0.5, 0.6) is 17.2 Å². The fraction of sp³-hybridized carbons (Fsp3) is 0.660. The number of piperazine rings is 1. The molecule has 0 radical (unpaired) electrons. The Hall–Kier alpha value is -3.18. The lowest BCUT2D eigenvalue weighted by atomic mass is 9.82. The summed E-state index contributed by atoms with van der Waals surface area (Å²) < 4.78 is 28.3. The molecule has 0 unspecified atom stereocenters. The molecule has 9 heteroatoms. The number of hydrogen-bond acceptors (Lipinski definition) is 9. The van der Waals surface area contributed by atoms with Crippen molar-refractivity contribution in [1.29, 1.82) is 0 Å². The lowest BCUT2D eigenvalue weighted by Gasteiger charge is -2.32. The summed E-state index contributed by atoms with van der Waals surface area (Å²) in [6.45, 7) is 37.0. The summed E-state index contributed by atoms with van der Waals surface area (Å²) in [5.74, 6) is 2.93. The third kappa shape index (κ3) is 18.1. The second kappa shape index (κ2) is 26.6. The predicted molar refractivity (Wildman–Crippen MR) is 259 cm³/mol. The fourth-order valence-electron chi connectivity index (χ4n) is 7.40. The van der Waals surface area contributed by atoms with Crippen LogP contribution in [-0.4, -0.2) is 138 Å². The number of nitrogens with zero attached hydrogens (tertiary/aromatic N) is 4. The van der Waals surface area contributed by atoms with Crippen molar-refractivity contribution in [2.24, 2.45) is 0 Å². The van der Waals surface area contributed by atoms with Gasteiger partial charge in [0.25, 0.3) is 0 Å². The molecule has 0 aromatic heterocycles. The van der Waals surface area contributed by atoms with E-state index in [1.165, 1.54) is 29.8 Å². The van der Waals surface area contributed by atoms with Crippen molar-refractivity contribution in [2.75, 3.05) is 119 Å². The van der Waals surface area contributed by atoms with E-state index in [9.17, 15) is 0 Å². The van der Waals surface area contributed by atoms with E-state index in [1.54, 1.807) is 0 Å². The molecule has 3 aromatic rings. The van der Waals surface area contributed by atoms with E-state index >= 15 is 0 Å². The highest BCUT2D eigenvalue weighted by Crippen LogP contribution is 2.30. The fourth-order valence-corrected chi connectivity index (χ4v) is 7.40. The summed E-state index contributed by atoms with van der Waals surface area (Å²) in [5, 5.41) is 0. The molecule has 3 heterocycles. The average molecular weight is 859 g/mol. The summed E-state index contributed by atoms with van der Waals surface area (Å²) in [6, 6.07) is 25.7. The van der Waals surface area contributed by atoms with Crippen LogP contribution in [-0.2, 0) is 25.7 Å². The molecular weight excluding hydrogens is 773 g/mol. The van der Waals surface area contributed by atoms with Gasteiger partial charge in [-0.2, -0.15) is 0 Å². The molecule has 0 saturated carbocycles. The summed E-state index contributed by atoms with van der Waals surface area (Å²) in [4.78, 5) is 9.60. The molecule has 62 heavy (non-hydrogen) atoms. The van der Waals surface area contributed by atoms with Gasteiger partial charge in [-0.3, -0.25) is 14.7 Å². The van der Waals surface area contributed by atoms with Crippen LogP contribution in [0.25, 0.3) is 0 Å². The van der Waals surface area contributed by atoms with Gasteiger partial charge in [0.05, 0.1) is 26.6 Å². The average Bonchev–Trinajstić information content (AvgIpc) is 3.30. The maximum absolute atomic E-state index is 5.88. The van der Waals surface area contributed by atoms with Crippen molar-refractivity contribution >= 4 is 0 Å². The monoisotopic (exact) mass is 859 g/mol. The van der Waals surface area contributed by atoms with Crippen molar-refractivity contribution < 1.29 is 23.7 Å². The first-order valence-corrected chi connectivity index (χ1v) is 24.0. The summed E-state index contributed by atoms with van der Waals surface area (Å²) >= 11 is 0. The maximum atomic E-state index is 5.88. The van der Waals surface area contributed by atoms with Gasteiger partial charge in [0.2, 0.25) is 0 Å². The summed E-state index contributed by atoms with van der Waals surface area (Å²) in [5.41, 5.74) is 4.87. The van der Waals surface area contributed by atoms with Crippen LogP contribution in [0.4, 0.5) is 0 Å². The minimum atomic E-state index is 0.242. The Balaban J connectivity index is 0.000000205. The lowest BCUT2D eigenvalue weighted by molar-refractivity contribution is -0.0149. The van der Waals surface area contributed by atoms with E-state index < -0.39 is 0 Å². The zero-order chi connectivity index (χ0) is 44.9. The normalized spacial score (nSPS) is 17.3. The molecule has 0 N–H and O–H groups in total. The third-order valence-electron chi connectivity index (χ3n) is 13.5. The molecule has 0 bridgehead atoms. The van der Waals surface area contributed by atoms with Gasteiger partial charge < -0.3 is 28.6 Å². The molecule has 348 valence electrons. The zero-order valence-corrected chi connectivity index (χ0v) is 40.8. The Bertz CT molecular complexity index is 1610. The summed E-state index contributed by atoms with van der Waals surface area (Å²) in [7, 11) is 2.19. The quantitative estimate of drug-likeness (QED) is 0.110. The first kappa shape index (κ1) is 51.5. The smallest absolute Gasteiger partial charge is 0.119 e. The van der Waals surface area contributed by atoms with Crippen molar-refractivity contribution in [3.05, 3.63) is 89.5 Å². The van der Waals surface area contributed by atoms with E-state index in [0.717, 1.165) is 148 Å². The molecule has 3 aliphatic rings. The molecule has 0 aliphatic carbocycles. The highest BCUT2D eigenvalue weighted by molar-refractivity contribution is 5.33. The van der Waals surface area contributed by atoms with Crippen molar-refractivity contribution in [3.8, 4) is 17.2 Å². The van der Waals surface area contributed by atoms with Crippen LogP contribution < -0.4 is 14.2 Å². The topological polar surface area (TPSA) is 59.1 Å². The van der Waals surface area contributed by atoms with Crippen molar-refractivity contribution in [2.45, 2.75) is 111 Å². The number of likely N-dealkylation sites (N-methyl/N-ethyl adjacent to an activating group) is 1. The van der Waals surface area contributed by atoms with E-state index in [4.69, 9.17) is 23.7 Å². The molecule has 3 fully saturated rings. The van der Waals surface area contributed by atoms with Gasteiger partial charge in [0.1, 0.15) is 30.5 Å². The number of hydrogen-bond donors (Lipinski definition) is 0. The van der Waals surface area contributed by atoms with Gasteiger partial charge in [-0.05, 0) is 108 Å². The first-order valence-electron chi connectivity index (χ1n) is 24.0. The Labute approximate surface area is 378 Å². The molecule has 0 amide bonds. The SMILES string of the molecule is CCC(C)(C)c1ccc(OCCCN2CCCOC2)cc1.CCC(C)(C)c1ccc(OCCN2CCN(C)CC2)cc1.CCC(C)(C)c1ccc(OCCN2CCOCC2)cc1. The largest absolute Gasteiger partial charge is 0.494 e. The van der Waals surface area contributed by atoms with Gasteiger partial charge in [-0.15, -0.1) is 0 Å². The van der Waals surface area contributed by atoms with E-state index in [2.05, 4.69) is 162 Å². The van der Waals surface area contributed by atoms with E-state index in [-0.39, 0.29) is 16.2 Å². The molecule has 3 aliphatic heterocycles. The van der Waals surface area contributed by atoms with Gasteiger partial charge >= 0.3 is 0 Å². The van der Waals surface area contributed by atoms with Crippen molar-refractivity contribution in [3.63, 3.8) is 0 Å². The second-order valence-electron chi connectivity index (χ2n) is 19.3. The van der Waals surface area contributed by atoms with E-state index in [0.29, 0.717) is 0 Å². The Morgan fingerprint density at radius 2 is 0.855 bits per heavy atom. The summed E-state index contributed by atoms with van der Waals surface area (Å²) in [6.07, 6.45) is 5.63. The van der Waals surface area contributed by atoms with Crippen LogP contribution in [0.1, 0.15) is 111 Å². The number of rotatable bonds is 19. The molecule has 9 nitrogen and oxygen atoms in total. The highest BCUT2D eigenvalue weighted by atomic mass is 16.5. The highest BCUT2D eigenvalue weighted by Gasteiger charge is 2.20. The van der Waals surface area contributed by atoms with E-state index in [1.807, 2.05) is 0 Å². The Kier molecular flexibility index (Phi) is 22.1. The van der Waals surface area contributed by atoms with Gasteiger partial charge in [0, 0.05) is 72.1 Å². The molecule has 3 aromatic carbocycles. The standard InChI is InChI=1S/C18H30N2O.C18H29NO2.C17H27NO2/c1-5-18(2,3)16-6-8-17(9-7-16)21-15-14-20-12-10-19(4)11-13-20;1-4-18(2,3)16-7-9-17(10-8-16)21-14-6-12-19-11-5-13-20-15-19;1-4-17(2,3)15-5-7-16(8-6-15)20-14-11-18-9-12-19-13-10-18/h6-9H,5,10-15H2,1-4H3;7-10H,4-6,11-15H2,1-3H3;5-8H,4,9-14H2,1-3H3. The molecular formula is C53H86N4O5. The maximum Gasteiger partial charge on any atom is 0.119 e. The number of benzene rings is 3. The number of morpholine rings is 1. The molecule has 3 saturated heterocycles. The van der Waals surface area contributed by atoms with Crippen LogP contribution in [0, 0.1) is 0 Å². The van der Waals surface area contributed by atoms with Crippen molar-refractivity contribution in [1.82, 2.24) is 19.6 Å². The van der Waals surface area contributed by atoms with Crippen LogP contribution in [0.3, 0.4) is 0 Å². The third-order valence-corrected chi connectivity index (χ3v) is 13.5. The van der Waals surface area contributed by atoms with Crippen LogP contribution in [0.15, 0.2) is 72.8 Å². The van der Waals surface area contributed by atoms with Crippen LogP contribution in [0.2, 0.25) is 0 Å². The number of ether oxygens (including phenoxy) is 5. The van der Waals surface area contributed by atoms with Crippen LogP contribution >= 0.6 is 0 Å². The second-order valence-corrected chi connectivity index (χ2v) is 19.3. The molecule has 6 rings (SSSR count). The minimum absolute atomic E-state index is 0.242. The lowest BCUT2D eigenvalue weighted by Crippen LogP contribution is -2.45. The van der Waals surface area contributed by atoms with Gasteiger partial charge in [-0.1, -0.05) is 98.7 Å². The molecule has 0 atom stereocenters. The Morgan fingerprint density at radius 1 is 0.452 bits per heavy atom. The van der Waals surface area contributed by atoms with Gasteiger partial charge in [-0.25, -0.2) is 0 Å². The first-order chi connectivity index (χ1) is 29.7. The molecule has 0 spiro atoms. The predicted octanol–water partition coefficient (Wildman–Crippen LogP) is 9.91. The minimum Gasteiger partial charge on any atom is -0.494 e. The Morgan fingerprint density at radius 3 is 1.24 bits per heavy atom.